The van der Waals surface area contributed by atoms with E-state index < -0.39 is 0 Å². The lowest BCUT2D eigenvalue weighted by molar-refractivity contribution is 0.433. The minimum absolute atomic E-state index is 0.592. The minimum Gasteiger partial charge on any atom is -0.306 e. The topological polar surface area (TPSA) is 12.0 Å². The molecular weight excluding hydrogens is 206 g/mol. The van der Waals surface area contributed by atoms with Crippen LogP contribution in [-0.4, -0.2) is 12.1 Å². The molecule has 1 nitrogen and oxygen atoms in total. The Morgan fingerprint density at radius 2 is 2.00 bits per heavy atom. The molecule has 0 amide bonds. The van der Waals surface area contributed by atoms with Crippen molar-refractivity contribution in [1.29, 1.82) is 0 Å². The molecule has 1 saturated heterocycles. The van der Waals surface area contributed by atoms with E-state index in [1.54, 1.807) is 0 Å². The summed E-state index contributed by atoms with van der Waals surface area (Å²) in [4.78, 5) is 0. The molecule has 4 rings (SSSR count). The third kappa shape index (κ3) is 1.35. The SMILES string of the molecule is CC1=CC2C(C=C1)NC1C3C=CC=CC3CC21. The Morgan fingerprint density at radius 1 is 1.12 bits per heavy atom. The molecule has 0 spiro atoms. The van der Waals surface area contributed by atoms with Crippen molar-refractivity contribution in [2.75, 3.05) is 0 Å². The van der Waals surface area contributed by atoms with Gasteiger partial charge >= 0.3 is 0 Å². The molecule has 88 valence electrons. The van der Waals surface area contributed by atoms with E-state index in [0.717, 1.165) is 23.7 Å². The van der Waals surface area contributed by atoms with E-state index in [1.807, 2.05) is 0 Å². The van der Waals surface area contributed by atoms with E-state index in [2.05, 4.69) is 54.8 Å². The van der Waals surface area contributed by atoms with E-state index in [4.69, 9.17) is 0 Å². The summed E-state index contributed by atoms with van der Waals surface area (Å²) < 4.78 is 0. The summed E-state index contributed by atoms with van der Waals surface area (Å²) in [5.41, 5.74) is 1.44. The van der Waals surface area contributed by atoms with Crippen molar-refractivity contribution in [1.82, 2.24) is 5.32 Å². The standard InChI is InChI=1S/C16H19N/c1-10-6-7-15-13(8-10)14-9-11-4-2-3-5-12(11)16(14)17-15/h2-8,11-17H,9H2,1H3. The highest BCUT2D eigenvalue weighted by atomic mass is 15.0. The van der Waals surface area contributed by atoms with Crippen molar-refractivity contribution in [2.45, 2.75) is 25.4 Å². The summed E-state index contributed by atoms with van der Waals surface area (Å²) in [5.74, 6) is 3.08. The predicted molar refractivity (Wildman–Crippen MR) is 70.5 cm³/mol. The molecule has 0 aromatic carbocycles. The van der Waals surface area contributed by atoms with Gasteiger partial charge in [0.1, 0.15) is 0 Å². The number of hydrogen-bond acceptors (Lipinski definition) is 1. The quantitative estimate of drug-likeness (QED) is 0.668. The maximum Gasteiger partial charge on any atom is 0.0322 e. The molecule has 4 aliphatic rings. The Labute approximate surface area is 103 Å². The van der Waals surface area contributed by atoms with Gasteiger partial charge in [-0.3, -0.25) is 0 Å². The lowest BCUT2D eigenvalue weighted by atomic mass is 9.83. The minimum atomic E-state index is 0.592. The highest BCUT2D eigenvalue weighted by Gasteiger charge is 2.51. The first-order valence-electron chi connectivity index (χ1n) is 6.80. The number of allylic oxidation sites excluding steroid dienone is 5. The molecule has 1 heterocycles. The van der Waals surface area contributed by atoms with Gasteiger partial charge in [-0.05, 0) is 31.1 Å². The van der Waals surface area contributed by atoms with Crippen LogP contribution in [0.2, 0.25) is 0 Å². The summed E-state index contributed by atoms with van der Waals surface area (Å²) >= 11 is 0. The van der Waals surface area contributed by atoms with Crippen LogP contribution in [0.4, 0.5) is 0 Å². The smallest absolute Gasteiger partial charge is 0.0322 e. The first-order chi connectivity index (χ1) is 8.33. The van der Waals surface area contributed by atoms with E-state index in [-0.39, 0.29) is 0 Å². The van der Waals surface area contributed by atoms with Crippen molar-refractivity contribution >= 4 is 0 Å². The second-order valence-corrected chi connectivity index (χ2v) is 5.98. The van der Waals surface area contributed by atoms with Crippen LogP contribution in [0.25, 0.3) is 0 Å². The highest BCUT2D eigenvalue weighted by molar-refractivity contribution is 5.32. The summed E-state index contributed by atoms with van der Waals surface area (Å²) in [6, 6.07) is 1.29. The predicted octanol–water partition coefficient (Wildman–Crippen LogP) is 2.84. The molecule has 17 heavy (non-hydrogen) atoms. The lowest BCUT2D eigenvalue weighted by Gasteiger charge is -2.24. The molecule has 0 aromatic rings. The van der Waals surface area contributed by atoms with Crippen LogP contribution in [0, 0.1) is 23.7 Å². The van der Waals surface area contributed by atoms with E-state index in [1.165, 1.54) is 12.0 Å². The molecule has 1 heteroatoms. The van der Waals surface area contributed by atoms with Crippen LogP contribution in [0.5, 0.6) is 0 Å². The molecule has 0 radical (unpaired) electrons. The summed E-state index contributed by atoms with van der Waals surface area (Å²) in [7, 11) is 0. The van der Waals surface area contributed by atoms with Gasteiger partial charge in [-0.1, -0.05) is 48.1 Å². The maximum atomic E-state index is 3.86. The molecular formula is C16H19N. The Morgan fingerprint density at radius 3 is 2.94 bits per heavy atom. The van der Waals surface area contributed by atoms with Gasteiger partial charge in [0.05, 0.1) is 0 Å². The number of fused-ring (bicyclic) bond motifs is 5. The zero-order chi connectivity index (χ0) is 11.4. The Kier molecular flexibility index (Phi) is 2.01. The number of hydrogen-bond donors (Lipinski definition) is 1. The highest BCUT2D eigenvalue weighted by Crippen LogP contribution is 2.49. The van der Waals surface area contributed by atoms with Gasteiger partial charge in [-0.25, -0.2) is 0 Å². The first kappa shape index (κ1) is 9.90. The molecule has 1 aliphatic heterocycles. The van der Waals surface area contributed by atoms with Gasteiger partial charge in [0.25, 0.3) is 0 Å². The average molecular weight is 225 g/mol. The van der Waals surface area contributed by atoms with Gasteiger partial charge in [0, 0.05) is 18.0 Å². The molecule has 0 aromatic heterocycles. The second kappa shape index (κ2) is 3.46. The van der Waals surface area contributed by atoms with Crippen LogP contribution in [0.15, 0.2) is 48.1 Å². The molecule has 2 fully saturated rings. The van der Waals surface area contributed by atoms with Crippen molar-refractivity contribution < 1.29 is 0 Å². The number of rotatable bonds is 0. The van der Waals surface area contributed by atoms with Crippen molar-refractivity contribution in [2.24, 2.45) is 23.7 Å². The summed E-state index contributed by atoms with van der Waals surface area (Å²) in [6.45, 7) is 2.22. The fraction of sp³-hybridized carbons (Fsp3) is 0.500. The van der Waals surface area contributed by atoms with E-state index in [0.29, 0.717) is 12.1 Å². The first-order valence-corrected chi connectivity index (χ1v) is 6.80. The fourth-order valence-electron chi connectivity index (χ4n) is 4.29. The van der Waals surface area contributed by atoms with Gasteiger partial charge in [0.15, 0.2) is 0 Å². The van der Waals surface area contributed by atoms with Crippen molar-refractivity contribution in [3.63, 3.8) is 0 Å². The Hall–Kier alpha value is -1.08. The Balaban J connectivity index is 1.67. The van der Waals surface area contributed by atoms with E-state index >= 15 is 0 Å². The normalized spacial score (nSPS) is 49.8. The van der Waals surface area contributed by atoms with Crippen molar-refractivity contribution in [3.8, 4) is 0 Å². The van der Waals surface area contributed by atoms with Gasteiger partial charge in [0.2, 0.25) is 0 Å². The zero-order valence-electron chi connectivity index (χ0n) is 10.2. The summed E-state index contributed by atoms with van der Waals surface area (Å²) in [6.07, 6.45) is 17.8. The average Bonchev–Trinajstić information content (AvgIpc) is 2.85. The zero-order valence-corrected chi connectivity index (χ0v) is 10.2. The number of nitrogens with one attached hydrogen (secondary N) is 1. The van der Waals surface area contributed by atoms with E-state index in [9.17, 15) is 0 Å². The molecule has 1 saturated carbocycles. The van der Waals surface area contributed by atoms with Crippen LogP contribution < -0.4 is 5.32 Å². The largest absolute Gasteiger partial charge is 0.306 e. The third-order valence-corrected chi connectivity index (χ3v) is 5.03. The van der Waals surface area contributed by atoms with Crippen LogP contribution >= 0.6 is 0 Å². The summed E-state index contributed by atoms with van der Waals surface area (Å²) in [5, 5.41) is 3.86. The van der Waals surface area contributed by atoms with Crippen molar-refractivity contribution in [3.05, 3.63) is 48.1 Å². The van der Waals surface area contributed by atoms with Crippen LogP contribution in [0.1, 0.15) is 13.3 Å². The van der Waals surface area contributed by atoms with Crippen LogP contribution in [0.3, 0.4) is 0 Å². The molecule has 0 bridgehead atoms. The molecule has 1 N–H and O–H groups in total. The molecule has 6 unspecified atom stereocenters. The fourth-order valence-corrected chi connectivity index (χ4v) is 4.29. The Bertz CT molecular complexity index is 454. The van der Waals surface area contributed by atoms with Gasteiger partial charge in [-0.2, -0.15) is 0 Å². The molecule has 3 aliphatic carbocycles. The monoisotopic (exact) mass is 225 g/mol. The lowest BCUT2D eigenvalue weighted by Crippen LogP contribution is -2.35. The second-order valence-electron chi connectivity index (χ2n) is 5.98. The van der Waals surface area contributed by atoms with Crippen LogP contribution in [-0.2, 0) is 0 Å². The van der Waals surface area contributed by atoms with Gasteiger partial charge in [-0.15, -0.1) is 0 Å². The molecule has 6 atom stereocenters. The maximum absolute atomic E-state index is 3.86. The van der Waals surface area contributed by atoms with Gasteiger partial charge < -0.3 is 5.32 Å². The third-order valence-electron chi connectivity index (χ3n) is 5.03.